The van der Waals surface area contributed by atoms with Gasteiger partial charge in [-0.1, -0.05) is 0 Å². The largest absolute Gasteiger partial charge is 0.457 e. The molecule has 0 fully saturated rings. The van der Waals surface area contributed by atoms with E-state index < -0.39 is 0 Å². The molecule has 2 heterocycles. The summed E-state index contributed by atoms with van der Waals surface area (Å²) in [5, 5.41) is 0. The van der Waals surface area contributed by atoms with E-state index in [1.807, 2.05) is 29.0 Å². The maximum Gasteiger partial charge on any atom is 0.176 e. The van der Waals surface area contributed by atoms with Crippen LogP contribution in [0.4, 0.5) is 0 Å². The van der Waals surface area contributed by atoms with E-state index in [1.165, 1.54) is 0 Å². The topological polar surface area (TPSA) is 35.1 Å². The van der Waals surface area contributed by atoms with Crippen LogP contribution in [-0.2, 0) is 6.54 Å². The van der Waals surface area contributed by atoms with Crippen molar-refractivity contribution in [1.82, 2.24) is 4.57 Å². The molecule has 2 aromatic heterocycles. The van der Waals surface area contributed by atoms with Crippen molar-refractivity contribution in [1.29, 1.82) is 0 Å². The fourth-order valence-electron chi connectivity index (χ4n) is 1.50. The number of rotatable bonds is 3. The van der Waals surface area contributed by atoms with E-state index in [4.69, 9.17) is 4.42 Å². The fourth-order valence-corrected chi connectivity index (χ4v) is 1.88. The van der Waals surface area contributed by atoms with Crippen molar-refractivity contribution >= 4 is 21.7 Å². The Morgan fingerprint density at radius 1 is 1.60 bits per heavy atom. The number of nitrogens with zero attached hydrogens (tertiary/aromatic N) is 1. The summed E-state index contributed by atoms with van der Waals surface area (Å²) in [6, 6.07) is 5.58. The van der Waals surface area contributed by atoms with Crippen molar-refractivity contribution in [3.05, 3.63) is 46.6 Å². The number of hydrogen-bond acceptors (Lipinski definition) is 2. The van der Waals surface area contributed by atoms with Gasteiger partial charge in [-0.15, -0.1) is 0 Å². The van der Waals surface area contributed by atoms with Gasteiger partial charge in [0.25, 0.3) is 0 Å². The van der Waals surface area contributed by atoms with Gasteiger partial charge in [-0.2, -0.15) is 0 Å². The Labute approximate surface area is 95.8 Å². The molecule has 0 amide bonds. The van der Waals surface area contributed by atoms with Crippen LogP contribution in [-0.4, -0.2) is 10.4 Å². The molecule has 0 saturated heterocycles. The van der Waals surface area contributed by atoms with Crippen LogP contribution < -0.4 is 0 Å². The molecular weight excluding hydrogens is 258 g/mol. The maximum atomic E-state index is 11.3. The van der Waals surface area contributed by atoms with Crippen LogP contribution in [0.15, 0.2) is 39.7 Å². The Morgan fingerprint density at radius 2 is 2.40 bits per heavy atom. The highest BCUT2D eigenvalue weighted by atomic mass is 79.9. The molecule has 15 heavy (non-hydrogen) atoms. The molecule has 4 heteroatoms. The van der Waals surface area contributed by atoms with Gasteiger partial charge in [-0.3, -0.25) is 4.79 Å². The lowest BCUT2D eigenvalue weighted by Gasteiger charge is -2.04. The maximum absolute atomic E-state index is 11.3. The van der Waals surface area contributed by atoms with Crippen molar-refractivity contribution < 1.29 is 9.21 Å². The normalized spacial score (nSPS) is 10.5. The van der Waals surface area contributed by atoms with Crippen molar-refractivity contribution in [3.63, 3.8) is 0 Å². The summed E-state index contributed by atoms with van der Waals surface area (Å²) in [6.07, 6.45) is 3.56. The van der Waals surface area contributed by atoms with Crippen LogP contribution >= 0.6 is 15.9 Å². The SMILES string of the molecule is CC(=O)c1cccn1Cc1coc(Br)c1. The summed E-state index contributed by atoms with van der Waals surface area (Å²) in [7, 11) is 0. The van der Waals surface area contributed by atoms with Gasteiger partial charge in [0, 0.05) is 18.7 Å². The molecule has 0 N–H and O–H groups in total. The van der Waals surface area contributed by atoms with Crippen LogP contribution in [0.25, 0.3) is 0 Å². The molecule has 0 aliphatic rings. The van der Waals surface area contributed by atoms with E-state index in [0.717, 1.165) is 5.56 Å². The average molecular weight is 268 g/mol. The first-order valence-electron chi connectivity index (χ1n) is 4.56. The second-order valence-corrected chi connectivity index (χ2v) is 4.12. The van der Waals surface area contributed by atoms with E-state index in [9.17, 15) is 4.79 Å². The molecule has 0 atom stereocenters. The Bertz CT molecular complexity index is 484. The second-order valence-electron chi connectivity index (χ2n) is 3.34. The molecule has 0 saturated carbocycles. The van der Waals surface area contributed by atoms with Crippen molar-refractivity contribution in [2.24, 2.45) is 0 Å². The number of carbonyl (C=O) groups excluding carboxylic acids is 1. The first-order chi connectivity index (χ1) is 7.16. The minimum Gasteiger partial charge on any atom is -0.457 e. The van der Waals surface area contributed by atoms with E-state index in [-0.39, 0.29) is 5.78 Å². The number of hydrogen-bond donors (Lipinski definition) is 0. The Kier molecular flexibility index (Phi) is 2.77. The first-order valence-corrected chi connectivity index (χ1v) is 5.35. The monoisotopic (exact) mass is 267 g/mol. The summed E-state index contributed by atoms with van der Waals surface area (Å²) in [5.74, 6) is 0.0718. The summed E-state index contributed by atoms with van der Waals surface area (Å²) in [4.78, 5) is 11.3. The highest BCUT2D eigenvalue weighted by molar-refractivity contribution is 9.10. The van der Waals surface area contributed by atoms with Crippen LogP contribution in [0.3, 0.4) is 0 Å². The van der Waals surface area contributed by atoms with Gasteiger partial charge in [-0.25, -0.2) is 0 Å². The van der Waals surface area contributed by atoms with Crippen LogP contribution in [0.1, 0.15) is 23.0 Å². The molecule has 0 bridgehead atoms. The zero-order chi connectivity index (χ0) is 10.8. The number of aromatic nitrogens is 1. The molecule has 0 aliphatic heterocycles. The molecule has 2 rings (SSSR count). The standard InChI is InChI=1S/C11H10BrNO2/c1-8(14)10-3-2-4-13(10)6-9-5-11(12)15-7-9/h2-5,7H,6H2,1H3. The quantitative estimate of drug-likeness (QED) is 0.802. The zero-order valence-corrected chi connectivity index (χ0v) is 9.82. The lowest BCUT2D eigenvalue weighted by atomic mass is 10.3. The smallest absolute Gasteiger partial charge is 0.176 e. The minimum absolute atomic E-state index is 0.0718. The molecule has 0 spiro atoms. The van der Waals surface area contributed by atoms with E-state index >= 15 is 0 Å². The molecule has 0 unspecified atom stereocenters. The lowest BCUT2D eigenvalue weighted by Crippen LogP contribution is -2.05. The molecule has 0 radical (unpaired) electrons. The number of ketones is 1. The van der Waals surface area contributed by atoms with Gasteiger partial charge in [0.2, 0.25) is 0 Å². The average Bonchev–Trinajstić information content (AvgIpc) is 2.75. The highest BCUT2D eigenvalue weighted by Crippen LogP contribution is 2.16. The van der Waals surface area contributed by atoms with Crippen LogP contribution in [0.5, 0.6) is 0 Å². The molecule has 0 aliphatic carbocycles. The number of furan rings is 1. The third-order valence-electron chi connectivity index (χ3n) is 2.16. The van der Waals surface area contributed by atoms with Crippen LogP contribution in [0.2, 0.25) is 0 Å². The van der Waals surface area contributed by atoms with E-state index in [2.05, 4.69) is 15.9 Å². The Hall–Kier alpha value is -1.29. The molecule has 78 valence electrons. The Balaban J connectivity index is 2.24. The van der Waals surface area contributed by atoms with E-state index in [1.54, 1.807) is 13.2 Å². The zero-order valence-electron chi connectivity index (χ0n) is 8.24. The third-order valence-corrected chi connectivity index (χ3v) is 2.58. The Morgan fingerprint density at radius 3 is 3.00 bits per heavy atom. The highest BCUT2D eigenvalue weighted by Gasteiger charge is 2.07. The third kappa shape index (κ3) is 2.21. The predicted molar refractivity (Wildman–Crippen MR) is 59.9 cm³/mol. The van der Waals surface area contributed by atoms with Gasteiger partial charge in [-0.05, 0) is 34.1 Å². The summed E-state index contributed by atoms with van der Waals surface area (Å²) in [6.45, 7) is 2.22. The number of halogens is 1. The molecule has 0 aromatic carbocycles. The number of carbonyl (C=O) groups is 1. The summed E-state index contributed by atoms with van der Waals surface area (Å²) < 4.78 is 7.74. The second kappa shape index (κ2) is 4.06. The van der Waals surface area contributed by atoms with Crippen LogP contribution in [0, 0.1) is 0 Å². The van der Waals surface area contributed by atoms with Gasteiger partial charge in [0.05, 0.1) is 18.5 Å². The first kappa shape index (κ1) is 10.2. The summed E-state index contributed by atoms with van der Waals surface area (Å²) in [5.41, 5.74) is 1.74. The predicted octanol–water partition coefficient (Wildman–Crippen LogP) is 3.09. The van der Waals surface area contributed by atoms with Gasteiger partial charge in [0.1, 0.15) is 0 Å². The fraction of sp³-hybridized carbons (Fsp3) is 0.182. The van der Waals surface area contributed by atoms with Gasteiger partial charge in [0.15, 0.2) is 10.5 Å². The minimum atomic E-state index is 0.0718. The number of Topliss-reactive ketones (excluding diaryl/α,β-unsaturated/α-hetero) is 1. The lowest BCUT2D eigenvalue weighted by molar-refractivity contribution is 0.100. The molecular formula is C11H10BrNO2. The van der Waals surface area contributed by atoms with Crippen molar-refractivity contribution in [2.45, 2.75) is 13.5 Å². The van der Waals surface area contributed by atoms with Crippen molar-refractivity contribution in [3.8, 4) is 0 Å². The molecule has 3 nitrogen and oxygen atoms in total. The van der Waals surface area contributed by atoms with E-state index in [0.29, 0.717) is 16.9 Å². The van der Waals surface area contributed by atoms with Gasteiger partial charge < -0.3 is 8.98 Å². The summed E-state index contributed by atoms with van der Waals surface area (Å²) >= 11 is 3.24. The molecule has 2 aromatic rings. The van der Waals surface area contributed by atoms with Gasteiger partial charge >= 0.3 is 0 Å². The van der Waals surface area contributed by atoms with Crippen molar-refractivity contribution in [2.75, 3.05) is 0 Å².